The van der Waals surface area contributed by atoms with Crippen molar-refractivity contribution in [3.8, 4) is 0 Å². The molecule has 1 aliphatic rings. The van der Waals surface area contributed by atoms with Crippen LogP contribution in [0.25, 0.3) is 0 Å². The van der Waals surface area contributed by atoms with E-state index in [1.54, 1.807) is 12.3 Å². The summed E-state index contributed by atoms with van der Waals surface area (Å²) in [5.41, 5.74) is 1.09. The first-order valence-corrected chi connectivity index (χ1v) is 2.58. The average Bonchev–Trinajstić information content (AvgIpc) is 1.64. The molecule has 0 aliphatic carbocycles. The van der Waals surface area contributed by atoms with Gasteiger partial charge in [0.15, 0.2) is 0 Å². The topological polar surface area (TPSA) is 32.3 Å². The number of hydrogen-bond donors (Lipinski definition) is 2. The normalized spacial score (nSPS) is 26.8. The minimum absolute atomic E-state index is 0.486. The molecular weight excluding hydrogens is 102 g/mol. The van der Waals surface area contributed by atoms with Gasteiger partial charge in [0.1, 0.15) is 6.23 Å². The number of rotatable bonds is 0. The zero-order valence-electron chi connectivity index (χ0n) is 4.76. The van der Waals surface area contributed by atoms with E-state index in [1.807, 2.05) is 13.0 Å². The summed E-state index contributed by atoms with van der Waals surface area (Å²) in [6.07, 6.45) is 4.91. The molecule has 0 spiro atoms. The quantitative estimate of drug-likeness (QED) is 0.473. The lowest BCUT2D eigenvalue weighted by atomic mass is 10.2. The van der Waals surface area contributed by atoms with Crippen LogP contribution in [0.2, 0.25) is 0 Å². The van der Waals surface area contributed by atoms with Gasteiger partial charge in [-0.15, -0.1) is 0 Å². The Labute approximate surface area is 48.5 Å². The second-order valence-corrected chi connectivity index (χ2v) is 1.86. The van der Waals surface area contributed by atoms with Gasteiger partial charge in [-0.1, -0.05) is 0 Å². The molecule has 0 bridgehead atoms. The van der Waals surface area contributed by atoms with E-state index in [0.717, 1.165) is 5.57 Å². The van der Waals surface area contributed by atoms with Gasteiger partial charge in [0, 0.05) is 0 Å². The van der Waals surface area contributed by atoms with Crippen LogP contribution in [-0.2, 0) is 0 Å². The molecule has 0 radical (unpaired) electrons. The summed E-state index contributed by atoms with van der Waals surface area (Å²) in [4.78, 5) is 0. The number of nitrogens with one attached hydrogen (secondary N) is 1. The monoisotopic (exact) mass is 111 g/mol. The van der Waals surface area contributed by atoms with E-state index in [1.165, 1.54) is 0 Å². The summed E-state index contributed by atoms with van der Waals surface area (Å²) in [6.45, 7) is 1.94. The molecule has 1 unspecified atom stereocenters. The molecule has 0 fully saturated rings. The lowest BCUT2D eigenvalue weighted by Crippen LogP contribution is -2.23. The largest absolute Gasteiger partial charge is 0.370 e. The second-order valence-electron chi connectivity index (χ2n) is 1.86. The number of allylic oxidation sites excluding steroid dienone is 2. The van der Waals surface area contributed by atoms with Gasteiger partial charge in [-0.3, -0.25) is 0 Å². The summed E-state index contributed by atoms with van der Waals surface area (Å²) >= 11 is 0. The molecule has 0 saturated carbocycles. The summed E-state index contributed by atoms with van der Waals surface area (Å²) < 4.78 is 0. The summed E-state index contributed by atoms with van der Waals surface area (Å²) in [7, 11) is 0. The van der Waals surface area contributed by atoms with Crippen molar-refractivity contribution >= 4 is 0 Å². The molecular formula is C6H9NO. The van der Waals surface area contributed by atoms with Crippen LogP contribution in [-0.4, -0.2) is 11.3 Å². The molecule has 8 heavy (non-hydrogen) atoms. The Morgan fingerprint density at radius 3 is 2.88 bits per heavy atom. The van der Waals surface area contributed by atoms with Crippen LogP contribution in [0.15, 0.2) is 23.9 Å². The number of hydrogen-bond acceptors (Lipinski definition) is 2. The zero-order chi connectivity index (χ0) is 5.98. The van der Waals surface area contributed by atoms with Gasteiger partial charge in [-0.25, -0.2) is 0 Å². The standard InChI is InChI=1S/C6H9NO/c1-5-2-3-7-6(8)4-5/h2-4,6-8H,1H3. The summed E-state index contributed by atoms with van der Waals surface area (Å²) in [5, 5.41) is 11.6. The molecule has 1 rings (SSSR count). The Balaban J connectivity index is 2.63. The highest BCUT2D eigenvalue weighted by atomic mass is 16.3. The Bertz CT molecular complexity index is 137. The Morgan fingerprint density at radius 1 is 1.75 bits per heavy atom. The van der Waals surface area contributed by atoms with Gasteiger partial charge in [-0.2, -0.15) is 0 Å². The van der Waals surface area contributed by atoms with Crippen molar-refractivity contribution in [2.45, 2.75) is 13.2 Å². The van der Waals surface area contributed by atoms with E-state index in [9.17, 15) is 0 Å². The SMILES string of the molecule is CC1=CC(O)NC=C1. The molecule has 1 atom stereocenters. The molecule has 2 N–H and O–H groups in total. The van der Waals surface area contributed by atoms with E-state index in [4.69, 9.17) is 5.11 Å². The van der Waals surface area contributed by atoms with Crippen LogP contribution in [0, 0.1) is 0 Å². The van der Waals surface area contributed by atoms with Crippen LogP contribution in [0.3, 0.4) is 0 Å². The Morgan fingerprint density at radius 2 is 2.50 bits per heavy atom. The van der Waals surface area contributed by atoms with Crippen molar-refractivity contribution in [2.24, 2.45) is 0 Å². The van der Waals surface area contributed by atoms with Crippen LogP contribution in [0.4, 0.5) is 0 Å². The molecule has 1 aliphatic heterocycles. The molecule has 0 amide bonds. The third-order valence-electron chi connectivity index (χ3n) is 1.03. The molecule has 0 aromatic heterocycles. The summed E-state index contributed by atoms with van der Waals surface area (Å²) in [5.74, 6) is 0. The van der Waals surface area contributed by atoms with Gasteiger partial charge in [0.25, 0.3) is 0 Å². The number of aliphatic hydroxyl groups is 1. The molecule has 0 aromatic carbocycles. The fourth-order valence-corrected chi connectivity index (χ4v) is 0.631. The maximum absolute atomic E-state index is 8.84. The maximum atomic E-state index is 8.84. The first-order chi connectivity index (χ1) is 3.79. The molecule has 1 heterocycles. The fourth-order valence-electron chi connectivity index (χ4n) is 0.631. The molecule has 0 saturated heterocycles. The first-order valence-electron chi connectivity index (χ1n) is 2.58. The highest BCUT2D eigenvalue weighted by Gasteiger charge is 1.97. The van der Waals surface area contributed by atoms with Crippen LogP contribution >= 0.6 is 0 Å². The smallest absolute Gasteiger partial charge is 0.143 e. The molecule has 2 nitrogen and oxygen atoms in total. The number of aliphatic hydroxyl groups excluding tert-OH is 1. The van der Waals surface area contributed by atoms with Gasteiger partial charge >= 0.3 is 0 Å². The highest BCUT2D eigenvalue weighted by molar-refractivity contribution is 5.20. The molecule has 0 aromatic rings. The summed E-state index contributed by atoms with van der Waals surface area (Å²) in [6, 6.07) is 0. The zero-order valence-corrected chi connectivity index (χ0v) is 4.76. The average molecular weight is 111 g/mol. The maximum Gasteiger partial charge on any atom is 0.143 e. The molecule has 44 valence electrons. The highest BCUT2D eigenvalue weighted by Crippen LogP contribution is 1.99. The van der Waals surface area contributed by atoms with E-state index in [0.29, 0.717) is 0 Å². The van der Waals surface area contributed by atoms with Crippen LogP contribution in [0.5, 0.6) is 0 Å². The van der Waals surface area contributed by atoms with Crippen LogP contribution in [0.1, 0.15) is 6.92 Å². The lowest BCUT2D eigenvalue weighted by molar-refractivity contribution is 0.200. The van der Waals surface area contributed by atoms with Crippen molar-refractivity contribution in [2.75, 3.05) is 0 Å². The van der Waals surface area contributed by atoms with Crippen molar-refractivity contribution in [3.63, 3.8) is 0 Å². The molecule has 2 heteroatoms. The Hall–Kier alpha value is -0.760. The van der Waals surface area contributed by atoms with Crippen molar-refractivity contribution in [3.05, 3.63) is 23.9 Å². The third kappa shape index (κ3) is 1.10. The van der Waals surface area contributed by atoms with E-state index >= 15 is 0 Å². The van der Waals surface area contributed by atoms with E-state index in [-0.39, 0.29) is 0 Å². The first kappa shape index (κ1) is 5.38. The number of dihydropyridines is 1. The predicted octanol–water partition coefficient (Wildman–Crippen LogP) is 0.368. The van der Waals surface area contributed by atoms with Crippen LogP contribution < -0.4 is 5.32 Å². The van der Waals surface area contributed by atoms with Gasteiger partial charge in [0.2, 0.25) is 0 Å². The Kier molecular flexibility index (Phi) is 1.35. The van der Waals surface area contributed by atoms with Gasteiger partial charge in [0.05, 0.1) is 0 Å². The van der Waals surface area contributed by atoms with Gasteiger partial charge < -0.3 is 10.4 Å². The van der Waals surface area contributed by atoms with E-state index < -0.39 is 6.23 Å². The van der Waals surface area contributed by atoms with Crippen molar-refractivity contribution in [1.29, 1.82) is 0 Å². The minimum atomic E-state index is -0.486. The van der Waals surface area contributed by atoms with E-state index in [2.05, 4.69) is 5.32 Å². The van der Waals surface area contributed by atoms with Gasteiger partial charge in [-0.05, 0) is 30.8 Å². The third-order valence-corrected chi connectivity index (χ3v) is 1.03. The lowest BCUT2D eigenvalue weighted by Gasteiger charge is -2.09. The second kappa shape index (κ2) is 2.01. The minimum Gasteiger partial charge on any atom is -0.370 e. The predicted molar refractivity (Wildman–Crippen MR) is 32.0 cm³/mol. The fraction of sp³-hybridized carbons (Fsp3) is 0.333. The van der Waals surface area contributed by atoms with Crippen molar-refractivity contribution in [1.82, 2.24) is 5.32 Å². The van der Waals surface area contributed by atoms with Crippen molar-refractivity contribution < 1.29 is 5.11 Å².